The summed E-state index contributed by atoms with van der Waals surface area (Å²) in [6.45, 7) is 5.38. The topological polar surface area (TPSA) is 75.3 Å². The molecule has 8 heteroatoms. The molecule has 0 bridgehead atoms. The van der Waals surface area contributed by atoms with Crippen LogP contribution in [0, 0.1) is 20.8 Å². The molecule has 156 valence electrons. The van der Waals surface area contributed by atoms with Crippen LogP contribution in [-0.2, 0) is 10.0 Å². The highest BCUT2D eigenvalue weighted by atomic mass is 35.5. The van der Waals surface area contributed by atoms with Gasteiger partial charge < -0.3 is 5.32 Å². The van der Waals surface area contributed by atoms with Gasteiger partial charge in [-0.2, -0.15) is 0 Å². The molecule has 3 aromatic rings. The van der Waals surface area contributed by atoms with E-state index in [-0.39, 0.29) is 10.5 Å². The van der Waals surface area contributed by atoms with Crippen molar-refractivity contribution in [2.45, 2.75) is 25.7 Å². The zero-order valence-corrected chi connectivity index (χ0v) is 18.9. The maximum absolute atomic E-state index is 13.0. The molecule has 3 aromatic carbocycles. The lowest BCUT2D eigenvalue weighted by molar-refractivity contribution is 0.102. The van der Waals surface area contributed by atoms with Gasteiger partial charge >= 0.3 is 0 Å². The minimum absolute atomic E-state index is 0.0279. The third-order valence-corrected chi connectivity index (χ3v) is 6.44. The number of benzene rings is 3. The number of hydrogen-bond donors (Lipinski definition) is 2. The second-order valence-electron chi connectivity index (χ2n) is 7.02. The lowest BCUT2D eigenvalue weighted by Gasteiger charge is -2.14. The fraction of sp³-hybridized carbons (Fsp3) is 0.136. The fourth-order valence-electron chi connectivity index (χ4n) is 2.91. The van der Waals surface area contributed by atoms with Gasteiger partial charge in [0, 0.05) is 21.3 Å². The third kappa shape index (κ3) is 5.14. The van der Waals surface area contributed by atoms with Crippen molar-refractivity contribution >= 4 is 50.5 Å². The summed E-state index contributed by atoms with van der Waals surface area (Å²) in [4.78, 5) is 12.7. The Morgan fingerprint density at radius 1 is 0.833 bits per heavy atom. The van der Waals surface area contributed by atoms with Crippen molar-refractivity contribution in [3.05, 3.63) is 86.9 Å². The van der Waals surface area contributed by atoms with Gasteiger partial charge in [0.2, 0.25) is 0 Å². The van der Waals surface area contributed by atoms with Gasteiger partial charge in [-0.1, -0.05) is 41.4 Å². The molecule has 0 aliphatic carbocycles. The molecule has 1 amide bonds. The van der Waals surface area contributed by atoms with Crippen molar-refractivity contribution in [3.63, 3.8) is 0 Å². The van der Waals surface area contributed by atoms with E-state index in [4.69, 9.17) is 23.2 Å². The average molecular weight is 463 g/mol. The van der Waals surface area contributed by atoms with Gasteiger partial charge in [-0.3, -0.25) is 9.52 Å². The predicted molar refractivity (Wildman–Crippen MR) is 122 cm³/mol. The molecule has 0 aliphatic rings. The number of anilines is 2. The minimum atomic E-state index is -3.90. The molecule has 30 heavy (non-hydrogen) atoms. The number of amides is 1. The van der Waals surface area contributed by atoms with Crippen LogP contribution < -0.4 is 10.0 Å². The summed E-state index contributed by atoms with van der Waals surface area (Å²) in [6, 6.07) is 14.7. The van der Waals surface area contributed by atoms with Crippen LogP contribution in [0.25, 0.3) is 0 Å². The molecule has 2 N–H and O–H groups in total. The number of halogens is 2. The van der Waals surface area contributed by atoms with Crippen molar-refractivity contribution in [2.24, 2.45) is 0 Å². The van der Waals surface area contributed by atoms with Crippen molar-refractivity contribution in [3.8, 4) is 0 Å². The standard InChI is InChI=1S/C22H20Cl2N2O3S/c1-13-4-5-14(2)20(8-13)26-30(28,29)21-9-16(7-6-15(21)3)22(27)25-19-11-17(23)10-18(24)12-19/h4-12,26H,1-3H3,(H,25,27). The second-order valence-corrected chi connectivity index (χ2v) is 9.54. The molecule has 0 atom stereocenters. The Kier molecular flexibility index (Phi) is 6.41. The quantitative estimate of drug-likeness (QED) is 0.490. The molecule has 0 radical (unpaired) electrons. The highest BCUT2D eigenvalue weighted by Crippen LogP contribution is 2.26. The van der Waals surface area contributed by atoms with Gasteiger partial charge in [-0.05, 0) is 73.9 Å². The van der Waals surface area contributed by atoms with Gasteiger partial charge in [0.25, 0.3) is 15.9 Å². The molecule has 5 nitrogen and oxygen atoms in total. The number of nitrogens with one attached hydrogen (secondary N) is 2. The number of sulfonamides is 1. The molecule has 3 rings (SSSR count). The summed E-state index contributed by atoms with van der Waals surface area (Å²) >= 11 is 11.9. The van der Waals surface area contributed by atoms with Crippen LogP contribution in [0.2, 0.25) is 10.0 Å². The van der Waals surface area contributed by atoms with Crippen molar-refractivity contribution in [2.75, 3.05) is 10.0 Å². The van der Waals surface area contributed by atoms with Crippen molar-refractivity contribution < 1.29 is 13.2 Å². The van der Waals surface area contributed by atoms with E-state index >= 15 is 0 Å². The zero-order valence-electron chi connectivity index (χ0n) is 16.6. The third-order valence-electron chi connectivity index (χ3n) is 4.50. The van der Waals surface area contributed by atoms with Crippen molar-refractivity contribution in [1.29, 1.82) is 0 Å². The highest BCUT2D eigenvalue weighted by molar-refractivity contribution is 7.92. The number of aryl methyl sites for hydroxylation is 3. The van der Waals surface area contributed by atoms with Crippen LogP contribution >= 0.6 is 23.2 Å². The summed E-state index contributed by atoms with van der Waals surface area (Å²) in [5.41, 5.74) is 3.36. The summed E-state index contributed by atoms with van der Waals surface area (Å²) in [7, 11) is -3.90. The second kappa shape index (κ2) is 8.68. The van der Waals surface area contributed by atoms with Crippen LogP contribution in [0.5, 0.6) is 0 Å². The summed E-state index contributed by atoms with van der Waals surface area (Å²) in [6.07, 6.45) is 0. The Labute approximate surface area is 186 Å². The van der Waals surface area contributed by atoms with E-state index in [1.165, 1.54) is 6.07 Å². The minimum Gasteiger partial charge on any atom is -0.322 e. The Bertz CT molecular complexity index is 1220. The fourth-order valence-corrected chi connectivity index (χ4v) is 4.83. The maximum Gasteiger partial charge on any atom is 0.262 e. The first-order valence-electron chi connectivity index (χ1n) is 9.03. The summed E-state index contributed by atoms with van der Waals surface area (Å²) < 4.78 is 28.7. The largest absolute Gasteiger partial charge is 0.322 e. The van der Waals surface area contributed by atoms with Gasteiger partial charge in [0.05, 0.1) is 10.6 Å². The molecular formula is C22H20Cl2N2O3S. The Balaban J connectivity index is 1.92. The van der Waals surface area contributed by atoms with E-state index < -0.39 is 15.9 Å². The zero-order chi connectivity index (χ0) is 22.1. The smallest absolute Gasteiger partial charge is 0.262 e. The van der Waals surface area contributed by atoms with E-state index in [1.807, 2.05) is 26.0 Å². The maximum atomic E-state index is 13.0. The molecule has 0 saturated heterocycles. The number of rotatable bonds is 5. The molecule has 0 fully saturated rings. The van der Waals surface area contributed by atoms with E-state index in [1.54, 1.807) is 43.3 Å². The molecule has 0 heterocycles. The van der Waals surface area contributed by atoms with E-state index in [9.17, 15) is 13.2 Å². The first-order valence-corrected chi connectivity index (χ1v) is 11.3. The van der Waals surface area contributed by atoms with Gasteiger partial charge in [0.15, 0.2) is 0 Å². The Morgan fingerprint density at radius 2 is 1.47 bits per heavy atom. The van der Waals surface area contributed by atoms with Gasteiger partial charge in [0.1, 0.15) is 0 Å². The van der Waals surface area contributed by atoms with E-state index in [0.29, 0.717) is 27.0 Å². The van der Waals surface area contributed by atoms with Crippen LogP contribution in [0.3, 0.4) is 0 Å². The number of carbonyl (C=O) groups is 1. The molecule has 0 unspecified atom stereocenters. The Hall–Kier alpha value is -2.54. The predicted octanol–water partition coefficient (Wildman–Crippen LogP) is 5.97. The normalized spacial score (nSPS) is 11.2. The van der Waals surface area contributed by atoms with Crippen LogP contribution in [-0.4, -0.2) is 14.3 Å². The molecule has 0 aliphatic heterocycles. The van der Waals surface area contributed by atoms with E-state index in [0.717, 1.165) is 11.1 Å². The van der Waals surface area contributed by atoms with Crippen LogP contribution in [0.4, 0.5) is 11.4 Å². The highest BCUT2D eigenvalue weighted by Gasteiger charge is 2.20. The average Bonchev–Trinajstić information content (AvgIpc) is 2.63. The number of carbonyl (C=O) groups excluding carboxylic acids is 1. The first-order chi connectivity index (χ1) is 14.0. The van der Waals surface area contributed by atoms with Crippen LogP contribution in [0.1, 0.15) is 27.0 Å². The van der Waals surface area contributed by atoms with Gasteiger partial charge in [-0.25, -0.2) is 8.42 Å². The summed E-state index contributed by atoms with van der Waals surface area (Å²) in [5, 5.41) is 3.44. The molecule has 0 aromatic heterocycles. The van der Waals surface area contributed by atoms with Gasteiger partial charge in [-0.15, -0.1) is 0 Å². The summed E-state index contributed by atoms with van der Waals surface area (Å²) in [5.74, 6) is -0.475. The Morgan fingerprint density at radius 3 is 2.13 bits per heavy atom. The molecular weight excluding hydrogens is 443 g/mol. The van der Waals surface area contributed by atoms with Crippen LogP contribution in [0.15, 0.2) is 59.5 Å². The SMILES string of the molecule is Cc1ccc(C)c(NS(=O)(=O)c2cc(C(=O)Nc3cc(Cl)cc(Cl)c3)ccc2C)c1. The van der Waals surface area contributed by atoms with E-state index in [2.05, 4.69) is 10.0 Å². The number of hydrogen-bond acceptors (Lipinski definition) is 3. The van der Waals surface area contributed by atoms with Crippen molar-refractivity contribution in [1.82, 2.24) is 0 Å². The lowest BCUT2D eigenvalue weighted by Crippen LogP contribution is -2.17. The monoisotopic (exact) mass is 462 g/mol. The first kappa shape index (κ1) is 22.2. The molecule has 0 saturated carbocycles. The molecule has 0 spiro atoms. The lowest BCUT2D eigenvalue weighted by atomic mass is 10.1.